The van der Waals surface area contributed by atoms with Crippen LogP contribution in [0, 0.1) is 6.08 Å². The summed E-state index contributed by atoms with van der Waals surface area (Å²) in [7, 11) is 0. The molecule has 1 aromatic rings. The molecule has 9 heavy (non-hydrogen) atoms. The monoisotopic (exact) mass is 117 g/mol. The number of rotatable bonds is 1. The van der Waals surface area contributed by atoms with Crippen molar-refractivity contribution in [3.63, 3.8) is 0 Å². The van der Waals surface area contributed by atoms with Gasteiger partial charge in [-0.15, -0.1) is 0 Å². The molecule has 1 aromatic carbocycles. The van der Waals surface area contributed by atoms with Gasteiger partial charge in [0.15, 0.2) is 0 Å². The summed E-state index contributed by atoms with van der Waals surface area (Å²) < 4.78 is 0. The summed E-state index contributed by atoms with van der Waals surface area (Å²) in [5.74, 6) is 0. The minimum atomic E-state index is 1.14. The van der Waals surface area contributed by atoms with E-state index in [1.165, 1.54) is 0 Å². The predicted octanol–water partition coefficient (Wildman–Crippen LogP) is 2.41. The Morgan fingerprint density at radius 2 is 1.89 bits per heavy atom. The normalized spacial score (nSPS) is 10.3. The van der Waals surface area contributed by atoms with Crippen molar-refractivity contribution in [1.82, 2.24) is 0 Å². The third-order valence-electron chi connectivity index (χ3n) is 1.08. The summed E-state index contributed by atoms with van der Waals surface area (Å²) in [6.07, 6.45) is 4.99. The quantitative estimate of drug-likeness (QED) is 0.530. The van der Waals surface area contributed by atoms with E-state index in [2.05, 4.69) is 6.08 Å². The summed E-state index contributed by atoms with van der Waals surface area (Å²) in [4.78, 5) is 0. The van der Waals surface area contributed by atoms with Crippen molar-refractivity contribution in [3.05, 3.63) is 48.0 Å². The van der Waals surface area contributed by atoms with Gasteiger partial charge >= 0.3 is 0 Å². The van der Waals surface area contributed by atoms with E-state index in [4.69, 9.17) is 0 Å². The molecule has 45 valence electrons. The highest BCUT2D eigenvalue weighted by Crippen LogP contribution is 1.96. The smallest absolute Gasteiger partial charge is 0.0151 e. The molecule has 0 bridgehead atoms. The summed E-state index contributed by atoms with van der Waals surface area (Å²) in [5, 5.41) is 0. The van der Waals surface area contributed by atoms with E-state index < -0.39 is 0 Å². The first-order valence-corrected chi connectivity index (χ1v) is 3.03. The topological polar surface area (TPSA) is 0 Å². The van der Waals surface area contributed by atoms with Crippen molar-refractivity contribution in [1.29, 1.82) is 0 Å². The molecule has 0 amide bonds. The molecule has 0 heterocycles. The molecule has 0 aliphatic carbocycles. The van der Waals surface area contributed by atoms with E-state index in [-0.39, 0.29) is 0 Å². The summed E-state index contributed by atoms with van der Waals surface area (Å²) >= 11 is 0. The number of hydrogen-bond donors (Lipinski definition) is 0. The third kappa shape index (κ3) is 1.73. The Labute approximate surface area is 55.8 Å². The van der Waals surface area contributed by atoms with E-state index in [9.17, 15) is 0 Å². The Hall–Kier alpha value is -1.04. The molecule has 0 heteroatoms. The second kappa shape index (κ2) is 3.08. The molecule has 0 saturated heterocycles. The van der Waals surface area contributed by atoms with Gasteiger partial charge in [-0.3, -0.25) is 0 Å². The average molecular weight is 117 g/mol. The van der Waals surface area contributed by atoms with Crippen LogP contribution in [0.5, 0.6) is 0 Å². The Balaban J connectivity index is 2.85. The zero-order valence-electron chi connectivity index (χ0n) is 5.46. The predicted molar refractivity (Wildman–Crippen MR) is 39.0 cm³/mol. The second-order valence-corrected chi connectivity index (χ2v) is 1.80. The van der Waals surface area contributed by atoms with Crippen LogP contribution in [-0.4, -0.2) is 0 Å². The first-order chi connectivity index (χ1) is 4.43. The van der Waals surface area contributed by atoms with Crippen LogP contribution >= 0.6 is 0 Å². The third-order valence-corrected chi connectivity index (χ3v) is 1.08. The van der Waals surface area contributed by atoms with Gasteiger partial charge < -0.3 is 0 Å². The molecule has 0 N–H and O–H groups in total. The van der Waals surface area contributed by atoms with Crippen LogP contribution in [0.4, 0.5) is 0 Å². The second-order valence-electron chi connectivity index (χ2n) is 1.80. The van der Waals surface area contributed by atoms with Gasteiger partial charge in [0.25, 0.3) is 0 Å². The van der Waals surface area contributed by atoms with Crippen LogP contribution in [0.2, 0.25) is 0 Å². The van der Waals surface area contributed by atoms with Gasteiger partial charge in [-0.25, -0.2) is 0 Å². The molecule has 0 aliphatic rings. The summed E-state index contributed by atoms with van der Waals surface area (Å²) in [6.45, 7) is 1.97. The van der Waals surface area contributed by atoms with Gasteiger partial charge in [-0.05, 0) is 18.6 Å². The lowest BCUT2D eigenvalue weighted by molar-refractivity contribution is 1.54. The molecular weight excluding hydrogens is 108 g/mol. The van der Waals surface area contributed by atoms with E-state index in [0.29, 0.717) is 0 Å². The van der Waals surface area contributed by atoms with Crippen molar-refractivity contribution in [2.24, 2.45) is 0 Å². The zero-order chi connectivity index (χ0) is 6.53. The maximum absolute atomic E-state index is 3.08. The minimum Gasteiger partial charge on any atom is -0.0792 e. The number of hydrogen-bond acceptors (Lipinski definition) is 0. The van der Waals surface area contributed by atoms with Gasteiger partial charge in [0.2, 0.25) is 0 Å². The fraction of sp³-hybridized carbons (Fsp3) is 0.111. The molecule has 0 nitrogen and oxygen atoms in total. The molecule has 0 unspecified atom stereocenters. The maximum Gasteiger partial charge on any atom is -0.0151 e. The van der Waals surface area contributed by atoms with Gasteiger partial charge in [0, 0.05) is 0 Å². The van der Waals surface area contributed by atoms with E-state index in [1.807, 2.05) is 43.3 Å². The van der Waals surface area contributed by atoms with Crippen molar-refractivity contribution in [3.8, 4) is 0 Å². The van der Waals surface area contributed by atoms with Crippen LogP contribution in [0.15, 0.2) is 36.4 Å². The molecule has 0 spiro atoms. The molecule has 1 rings (SSSR count). The highest BCUT2D eigenvalue weighted by Gasteiger charge is 1.78. The Kier molecular flexibility index (Phi) is 2.08. The molecule has 0 aromatic heterocycles. The van der Waals surface area contributed by atoms with Gasteiger partial charge in [0.1, 0.15) is 0 Å². The highest BCUT2D eigenvalue weighted by atomic mass is 13.8. The molecule has 1 radical (unpaired) electrons. The molecule has 0 saturated carbocycles. The summed E-state index contributed by atoms with van der Waals surface area (Å²) in [5.41, 5.74) is 1.14. The van der Waals surface area contributed by atoms with Crippen molar-refractivity contribution < 1.29 is 0 Å². The Morgan fingerprint density at radius 1 is 1.22 bits per heavy atom. The Morgan fingerprint density at radius 3 is 2.44 bits per heavy atom. The lowest BCUT2D eigenvalue weighted by Crippen LogP contribution is -1.68. The zero-order valence-corrected chi connectivity index (χ0v) is 5.46. The largest absolute Gasteiger partial charge is 0.0792 e. The van der Waals surface area contributed by atoms with Crippen molar-refractivity contribution in [2.45, 2.75) is 6.92 Å². The summed E-state index contributed by atoms with van der Waals surface area (Å²) in [6, 6.07) is 10.1. The molecular formula is C9H9. The average Bonchev–Trinajstić information content (AvgIpc) is 1.91. The lowest BCUT2D eigenvalue weighted by atomic mass is 10.2. The van der Waals surface area contributed by atoms with Crippen LogP contribution in [0.1, 0.15) is 12.5 Å². The molecule has 0 atom stereocenters. The standard InChI is InChI=1S/C9H9/c1-2-6-9-7-4-3-5-8-9/h2-5,7-8H,1H3. The first-order valence-electron chi connectivity index (χ1n) is 3.03. The maximum atomic E-state index is 3.08. The molecule has 0 fully saturated rings. The minimum absolute atomic E-state index is 1.14. The number of benzene rings is 1. The van der Waals surface area contributed by atoms with Crippen LogP contribution < -0.4 is 0 Å². The number of allylic oxidation sites excluding steroid dienone is 1. The van der Waals surface area contributed by atoms with E-state index in [1.54, 1.807) is 0 Å². The Bertz CT molecular complexity index is 184. The highest BCUT2D eigenvalue weighted by molar-refractivity contribution is 5.20. The lowest BCUT2D eigenvalue weighted by Gasteiger charge is -1.86. The van der Waals surface area contributed by atoms with Crippen molar-refractivity contribution in [2.75, 3.05) is 0 Å². The van der Waals surface area contributed by atoms with Gasteiger partial charge in [-0.1, -0.05) is 36.4 Å². The first kappa shape index (κ1) is 6.09. The molecule has 0 aliphatic heterocycles. The van der Waals surface area contributed by atoms with Gasteiger partial charge in [-0.2, -0.15) is 0 Å². The van der Waals surface area contributed by atoms with Crippen LogP contribution in [0.25, 0.3) is 0 Å². The van der Waals surface area contributed by atoms with E-state index >= 15 is 0 Å². The van der Waals surface area contributed by atoms with Gasteiger partial charge in [0.05, 0.1) is 0 Å². The fourth-order valence-electron chi connectivity index (χ4n) is 0.701. The fourth-order valence-corrected chi connectivity index (χ4v) is 0.701. The van der Waals surface area contributed by atoms with Crippen LogP contribution in [-0.2, 0) is 0 Å². The van der Waals surface area contributed by atoms with Crippen molar-refractivity contribution >= 4 is 0 Å². The van der Waals surface area contributed by atoms with E-state index in [0.717, 1.165) is 5.56 Å². The van der Waals surface area contributed by atoms with Crippen LogP contribution in [0.3, 0.4) is 0 Å². The SMILES string of the molecule is C/C=[C]\c1ccccc1.